The van der Waals surface area contributed by atoms with Gasteiger partial charge in [-0.1, -0.05) is 20.8 Å². The van der Waals surface area contributed by atoms with Crippen LogP contribution in [0.3, 0.4) is 0 Å². The standard InChI is InChI=1S/C10H20S/c1-8(2)9(3)10-5-4-6-11-7-10/h8-10H,4-7H2,1-3H3. The van der Waals surface area contributed by atoms with Crippen LogP contribution >= 0.6 is 11.8 Å². The van der Waals surface area contributed by atoms with Gasteiger partial charge in [0.1, 0.15) is 0 Å². The van der Waals surface area contributed by atoms with E-state index in [0.717, 1.165) is 17.8 Å². The Morgan fingerprint density at radius 1 is 1.27 bits per heavy atom. The molecule has 2 unspecified atom stereocenters. The average Bonchev–Trinajstić information content (AvgIpc) is 2.05. The summed E-state index contributed by atoms with van der Waals surface area (Å²) in [5.41, 5.74) is 0. The molecule has 0 bridgehead atoms. The van der Waals surface area contributed by atoms with Gasteiger partial charge < -0.3 is 0 Å². The molecule has 0 aromatic heterocycles. The average molecular weight is 172 g/mol. The lowest BCUT2D eigenvalue weighted by Crippen LogP contribution is -2.22. The summed E-state index contributed by atoms with van der Waals surface area (Å²) >= 11 is 2.15. The van der Waals surface area contributed by atoms with Gasteiger partial charge in [0.05, 0.1) is 0 Å². The molecule has 0 aromatic rings. The van der Waals surface area contributed by atoms with Crippen molar-refractivity contribution in [3.63, 3.8) is 0 Å². The van der Waals surface area contributed by atoms with Gasteiger partial charge in [0.15, 0.2) is 0 Å². The quantitative estimate of drug-likeness (QED) is 0.615. The minimum Gasteiger partial charge on any atom is -0.162 e. The van der Waals surface area contributed by atoms with Gasteiger partial charge in [-0.15, -0.1) is 0 Å². The number of hydrogen-bond acceptors (Lipinski definition) is 1. The van der Waals surface area contributed by atoms with E-state index >= 15 is 0 Å². The Bertz CT molecular complexity index is 103. The van der Waals surface area contributed by atoms with E-state index in [1.165, 1.54) is 24.3 Å². The van der Waals surface area contributed by atoms with E-state index in [-0.39, 0.29) is 0 Å². The molecule has 2 atom stereocenters. The van der Waals surface area contributed by atoms with E-state index < -0.39 is 0 Å². The molecule has 0 nitrogen and oxygen atoms in total. The summed E-state index contributed by atoms with van der Waals surface area (Å²) in [6.45, 7) is 7.12. The van der Waals surface area contributed by atoms with Gasteiger partial charge in [0, 0.05) is 0 Å². The summed E-state index contributed by atoms with van der Waals surface area (Å²) in [4.78, 5) is 0. The second-order valence-electron chi connectivity index (χ2n) is 4.08. The molecule has 0 aliphatic carbocycles. The van der Waals surface area contributed by atoms with E-state index in [1.54, 1.807) is 0 Å². The van der Waals surface area contributed by atoms with Crippen LogP contribution in [0.25, 0.3) is 0 Å². The van der Waals surface area contributed by atoms with Crippen LogP contribution in [0, 0.1) is 17.8 Å². The van der Waals surface area contributed by atoms with Crippen LogP contribution in [0.15, 0.2) is 0 Å². The fourth-order valence-electron chi connectivity index (χ4n) is 1.72. The van der Waals surface area contributed by atoms with Gasteiger partial charge in [-0.2, -0.15) is 11.8 Å². The molecule has 0 N–H and O–H groups in total. The monoisotopic (exact) mass is 172 g/mol. The lowest BCUT2D eigenvalue weighted by molar-refractivity contribution is 0.281. The molecular formula is C10H20S. The summed E-state index contributed by atoms with van der Waals surface area (Å²) in [5.74, 6) is 5.64. The van der Waals surface area contributed by atoms with Gasteiger partial charge in [-0.05, 0) is 42.1 Å². The molecule has 0 aromatic carbocycles. The van der Waals surface area contributed by atoms with Crippen molar-refractivity contribution < 1.29 is 0 Å². The van der Waals surface area contributed by atoms with E-state index in [2.05, 4.69) is 32.5 Å². The first-order valence-electron chi connectivity index (χ1n) is 4.79. The number of rotatable bonds is 2. The van der Waals surface area contributed by atoms with E-state index in [0.29, 0.717) is 0 Å². The first-order valence-corrected chi connectivity index (χ1v) is 5.95. The smallest absolute Gasteiger partial charge is 0.00365 e. The van der Waals surface area contributed by atoms with Gasteiger partial charge >= 0.3 is 0 Å². The Morgan fingerprint density at radius 2 is 2.00 bits per heavy atom. The third kappa shape index (κ3) is 2.70. The largest absolute Gasteiger partial charge is 0.162 e. The molecule has 1 heterocycles. The Kier molecular flexibility index (Phi) is 3.77. The van der Waals surface area contributed by atoms with Crippen LogP contribution in [-0.2, 0) is 0 Å². The number of thioether (sulfide) groups is 1. The molecule has 1 saturated heterocycles. The van der Waals surface area contributed by atoms with Crippen molar-refractivity contribution >= 4 is 11.8 Å². The highest BCUT2D eigenvalue weighted by atomic mass is 32.2. The van der Waals surface area contributed by atoms with Crippen LogP contribution in [-0.4, -0.2) is 11.5 Å². The van der Waals surface area contributed by atoms with Crippen LogP contribution < -0.4 is 0 Å². The topological polar surface area (TPSA) is 0 Å². The normalized spacial score (nSPS) is 28.9. The second kappa shape index (κ2) is 4.39. The molecule has 1 aliphatic heterocycles. The minimum absolute atomic E-state index is 0.874. The molecule has 1 fully saturated rings. The molecule has 1 aliphatic rings. The van der Waals surface area contributed by atoms with E-state index in [9.17, 15) is 0 Å². The summed E-state index contributed by atoms with van der Waals surface area (Å²) in [6.07, 6.45) is 2.93. The first kappa shape index (κ1) is 9.44. The number of hydrogen-bond donors (Lipinski definition) is 0. The highest BCUT2D eigenvalue weighted by Crippen LogP contribution is 2.31. The molecule has 0 saturated carbocycles. The van der Waals surface area contributed by atoms with Crippen LogP contribution in [0.2, 0.25) is 0 Å². The molecule has 0 radical (unpaired) electrons. The SMILES string of the molecule is CC(C)C(C)C1CCCSC1. The lowest BCUT2D eigenvalue weighted by atomic mass is 9.83. The molecule has 11 heavy (non-hydrogen) atoms. The van der Waals surface area contributed by atoms with Crippen LogP contribution in [0.5, 0.6) is 0 Å². The van der Waals surface area contributed by atoms with Crippen molar-refractivity contribution in [2.24, 2.45) is 17.8 Å². The molecule has 66 valence electrons. The van der Waals surface area contributed by atoms with Crippen molar-refractivity contribution in [2.75, 3.05) is 11.5 Å². The summed E-state index contributed by atoms with van der Waals surface area (Å²) in [7, 11) is 0. The predicted octanol–water partition coefficient (Wildman–Crippen LogP) is 3.42. The molecular weight excluding hydrogens is 152 g/mol. The highest BCUT2D eigenvalue weighted by molar-refractivity contribution is 7.99. The fraction of sp³-hybridized carbons (Fsp3) is 1.00. The zero-order valence-electron chi connectivity index (χ0n) is 7.97. The molecule has 0 spiro atoms. The van der Waals surface area contributed by atoms with Crippen molar-refractivity contribution in [3.8, 4) is 0 Å². The van der Waals surface area contributed by atoms with Gasteiger partial charge in [0.25, 0.3) is 0 Å². The Balaban J connectivity index is 2.32. The summed E-state index contributed by atoms with van der Waals surface area (Å²) in [6, 6.07) is 0. The fourth-order valence-corrected chi connectivity index (χ4v) is 3.04. The van der Waals surface area contributed by atoms with Gasteiger partial charge in [0.2, 0.25) is 0 Å². The third-order valence-corrected chi connectivity index (χ3v) is 4.23. The van der Waals surface area contributed by atoms with Crippen LogP contribution in [0.1, 0.15) is 33.6 Å². The third-order valence-electron chi connectivity index (χ3n) is 2.99. The Labute approximate surface area is 75.1 Å². The highest BCUT2D eigenvalue weighted by Gasteiger charge is 2.22. The van der Waals surface area contributed by atoms with Crippen LogP contribution in [0.4, 0.5) is 0 Å². The maximum Gasteiger partial charge on any atom is -0.00365 e. The van der Waals surface area contributed by atoms with Gasteiger partial charge in [-0.25, -0.2) is 0 Å². The maximum absolute atomic E-state index is 2.42. The maximum atomic E-state index is 2.42. The minimum atomic E-state index is 0.874. The zero-order chi connectivity index (χ0) is 8.27. The van der Waals surface area contributed by atoms with E-state index in [4.69, 9.17) is 0 Å². The van der Waals surface area contributed by atoms with Crippen molar-refractivity contribution in [1.82, 2.24) is 0 Å². The lowest BCUT2D eigenvalue weighted by Gasteiger charge is -2.29. The summed E-state index contributed by atoms with van der Waals surface area (Å²) in [5, 5.41) is 0. The van der Waals surface area contributed by atoms with Crippen molar-refractivity contribution in [2.45, 2.75) is 33.6 Å². The second-order valence-corrected chi connectivity index (χ2v) is 5.23. The summed E-state index contributed by atoms with van der Waals surface area (Å²) < 4.78 is 0. The zero-order valence-corrected chi connectivity index (χ0v) is 8.79. The van der Waals surface area contributed by atoms with Crippen molar-refractivity contribution in [1.29, 1.82) is 0 Å². The molecule has 0 amide bonds. The predicted molar refractivity (Wildman–Crippen MR) is 54.1 cm³/mol. The van der Waals surface area contributed by atoms with E-state index in [1.807, 2.05) is 0 Å². The molecule has 1 heteroatoms. The Morgan fingerprint density at radius 3 is 2.45 bits per heavy atom. The van der Waals surface area contributed by atoms with Gasteiger partial charge in [-0.3, -0.25) is 0 Å². The Hall–Kier alpha value is 0.350. The molecule has 1 rings (SSSR count). The van der Waals surface area contributed by atoms with Crippen molar-refractivity contribution in [3.05, 3.63) is 0 Å². The first-order chi connectivity index (χ1) is 5.22.